The quantitative estimate of drug-likeness (QED) is 0.669. The number of aromatic nitrogens is 1. The number of hydrogen-bond donors (Lipinski definition) is 1. The molecule has 0 atom stereocenters. The minimum Gasteiger partial charge on any atom is -0.398 e. The molecule has 20 heavy (non-hydrogen) atoms. The number of hydrogen-bond acceptors (Lipinski definition) is 2. The van der Waals surface area contributed by atoms with Crippen LogP contribution < -0.4 is 5.73 Å². The van der Waals surface area contributed by atoms with Crippen LogP contribution in [0.1, 0.15) is 11.1 Å². The number of benzene rings is 2. The number of nitrogen functional groups attached to an aromatic ring is 1. The Kier molecular flexibility index (Phi) is 2.48. The number of anilines is 1. The molecule has 3 heteroatoms. The van der Waals surface area contributed by atoms with E-state index >= 15 is 0 Å². The normalized spacial score (nSPS) is 13.1. The number of nitrogens with two attached hydrogens (primary N) is 1. The molecule has 0 spiro atoms. The minimum absolute atomic E-state index is 0.779. The maximum atomic E-state index is 6.36. The second kappa shape index (κ2) is 4.22. The van der Waals surface area contributed by atoms with Crippen LogP contribution in [0.3, 0.4) is 0 Å². The molecule has 1 aromatic heterocycles. The highest BCUT2D eigenvalue weighted by molar-refractivity contribution is 6.30. The average Bonchev–Trinajstić information content (AvgIpc) is 2.47. The fourth-order valence-corrected chi connectivity index (χ4v) is 3.21. The van der Waals surface area contributed by atoms with Gasteiger partial charge in [-0.1, -0.05) is 35.9 Å². The summed E-state index contributed by atoms with van der Waals surface area (Å²) in [5, 5.41) is 1.82. The molecular formula is C17H13ClN2. The van der Waals surface area contributed by atoms with Gasteiger partial charge in [-0.2, -0.15) is 0 Å². The molecule has 0 saturated heterocycles. The van der Waals surface area contributed by atoms with E-state index in [1.807, 2.05) is 36.4 Å². The number of fused-ring (bicyclic) bond motifs is 4. The van der Waals surface area contributed by atoms with E-state index in [-0.39, 0.29) is 0 Å². The van der Waals surface area contributed by atoms with Crippen molar-refractivity contribution in [3.05, 3.63) is 58.6 Å². The highest BCUT2D eigenvalue weighted by Crippen LogP contribution is 2.38. The number of rotatable bonds is 0. The Labute approximate surface area is 122 Å². The van der Waals surface area contributed by atoms with E-state index in [0.717, 1.165) is 45.7 Å². The molecule has 2 nitrogen and oxygen atoms in total. The van der Waals surface area contributed by atoms with Gasteiger partial charge in [0.2, 0.25) is 0 Å². The Morgan fingerprint density at radius 1 is 1.05 bits per heavy atom. The highest BCUT2D eigenvalue weighted by Gasteiger charge is 2.21. The summed E-state index contributed by atoms with van der Waals surface area (Å²) in [6.45, 7) is 0. The summed E-state index contributed by atoms with van der Waals surface area (Å²) < 4.78 is 0. The van der Waals surface area contributed by atoms with Crippen molar-refractivity contribution < 1.29 is 0 Å². The lowest BCUT2D eigenvalue weighted by Gasteiger charge is -2.21. The first kappa shape index (κ1) is 11.7. The van der Waals surface area contributed by atoms with Gasteiger partial charge in [-0.3, -0.25) is 0 Å². The summed E-state index contributed by atoms with van der Waals surface area (Å²) in [5.41, 5.74) is 12.8. The molecule has 98 valence electrons. The van der Waals surface area contributed by atoms with Gasteiger partial charge >= 0.3 is 0 Å². The summed E-state index contributed by atoms with van der Waals surface area (Å²) in [5.74, 6) is 0. The third-order valence-electron chi connectivity index (χ3n) is 4.00. The van der Waals surface area contributed by atoms with Crippen molar-refractivity contribution in [2.45, 2.75) is 12.8 Å². The van der Waals surface area contributed by atoms with Gasteiger partial charge in [0, 0.05) is 27.2 Å². The monoisotopic (exact) mass is 280 g/mol. The molecule has 0 saturated carbocycles. The van der Waals surface area contributed by atoms with Gasteiger partial charge in [-0.25, -0.2) is 4.98 Å². The van der Waals surface area contributed by atoms with Crippen molar-refractivity contribution in [3.63, 3.8) is 0 Å². The second-order valence-corrected chi connectivity index (χ2v) is 5.61. The smallest absolute Gasteiger partial charge is 0.0765 e. The highest BCUT2D eigenvalue weighted by atomic mass is 35.5. The van der Waals surface area contributed by atoms with Crippen LogP contribution in [0.5, 0.6) is 0 Å². The van der Waals surface area contributed by atoms with Gasteiger partial charge in [0.1, 0.15) is 0 Å². The first-order valence-electron chi connectivity index (χ1n) is 6.70. The van der Waals surface area contributed by atoms with Crippen molar-refractivity contribution in [3.8, 4) is 11.3 Å². The van der Waals surface area contributed by atoms with E-state index in [1.165, 1.54) is 11.1 Å². The van der Waals surface area contributed by atoms with Crippen molar-refractivity contribution in [1.82, 2.24) is 4.98 Å². The lowest BCUT2D eigenvalue weighted by atomic mass is 9.87. The van der Waals surface area contributed by atoms with Gasteiger partial charge in [0.15, 0.2) is 0 Å². The topological polar surface area (TPSA) is 38.9 Å². The van der Waals surface area contributed by atoms with Crippen molar-refractivity contribution in [1.29, 1.82) is 0 Å². The van der Waals surface area contributed by atoms with Gasteiger partial charge in [-0.05, 0) is 36.6 Å². The zero-order valence-electron chi connectivity index (χ0n) is 10.9. The Hall–Kier alpha value is -2.06. The zero-order valence-corrected chi connectivity index (χ0v) is 11.6. The fraction of sp³-hybridized carbons (Fsp3) is 0.118. The molecule has 1 aliphatic rings. The second-order valence-electron chi connectivity index (χ2n) is 5.17. The SMILES string of the molecule is Nc1c2c(nc3ccccc13)-c1ccc(Cl)cc1CC2. The predicted molar refractivity (Wildman–Crippen MR) is 84.0 cm³/mol. The van der Waals surface area contributed by atoms with Gasteiger partial charge in [0.25, 0.3) is 0 Å². The Balaban J connectivity index is 2.08. The summed E-state index contributed by atoms with van der Waals surface area (Å²) in [4.78, 5) is 4.82. The van der Waals surface area contributed by atoms with Crippen LogP contribution in [0.25, 0.3) is 22.2 Å². The molecule has 0 amide bonds. The summed E-state index contributed by atoms with van der Waals surface area (Å²) in [6, 6.07) is 14.0. The molecule has 0 fully saturated rings. The van der Waals surface area contributed by atoms with Crippen LogP contribution in [-0.4, -0.2) is 4.98 Å². The van der Waals surface area contributed by atoms with Crippen LogP contribution in [0.4, 0.5) is 5.69 Å². The van der Waals surface area contributed by atoms with Crippen LogP contribution >= 0.6 is 11.6 Å². The molecule has 1 aliphatic carbocycles. The summed E-state index contributed by atoms with van der Waals surface area (Å²) >= 11 is 6.08. The third-order valence-corrected chi connectivity index (χ3v) is 4.24. The molecule has 0 aliphatic heterocycles. The Morgan fingerprint density at radius 3 is 2.80 bits per heavy atom. The summed E-state index contributed by atoms with van der Waals surface area (Å²) in [7, 11) is 0. The third kappa shape index (κ3) is 1.61. The maximum absolute atomic E-state index is 6.36. The number of aryl methyl sites for hydroxylation is 1. The van der Waals surface area contributed by atoms with E-state index < -0.39 is 0 Å². The molecule has 2 aromatic carbocycles. The van der Waals surface area contributed by atoms with Crippen LogP contribution in [-0.2, 0) is 12.8 Å². The van der Waals surface area contributed by atoms with Crippen LogP contribution in [0.2, 0.25) is 5.02 Å². The Bertz CT molecular complexity index is 840. The lowest BCUT2D eigenvalue weighted by molar-refractivity contribution is 0.935. The molecular weight excluding hydrogens is 268 g/mol. The first-order valence-corrected chi connectivity index (χ1v) is 7.08. The van der Waals surface area contributed by atoms with Gasteiger partial charge in [-0.15, -0.1) is 0 Å². The van der Waals surface area contributed by atoms with Crippen LogP contribution in [0, 0.1) is 0 Å². The molecule has 0 unspecified atom stereocenters. The number of para-hydroxylation sites is 1. The standard InChI is InChI=1S/C17H13ClN2/c18-11-6-8-12-10(9-11)5-7-14-16(19)13-3-1-2-4-15(13)20-17(12)14/h1-4,6,8-9H,5,7H2,(H2,19,20). The van der Waals surface area contributed by atoms with E-state index in [4.69, 9.17) is 22.3 Å². The van der Waals surface area contributed by atoms with Crippen LogP contribution in [0.15, 0.2) is 42.5 Å². The van der Waals surface area contributed by atoms with Crippen molar-refractivity contribution >= 4 is 28.2 Å². The number of nitrogens with zero attached hydrogens (tertiary/aromatic N) is 1. The number of halogens is 1. The minimum atomic E-state index is 0.779. The van der Waals surface area contributed by atoms with E-state index in [2.05, 4.69) is 6.07 Å². The average molecular weight is 281 g/mol. The molecule has 0 radical (unpaired) electrons. The van der Waals surface area contributed by atoms with Crippen molar-refractivity contribution in [2.75, 3.05) is 5.73 Å². The summed E-state index contributed by atoms with van der Waals surface area (Å²) in [6.07, 6.45) is 1.89. The first-order chi connectivity index (χ1) is 9.74. The molecule has 0 bridgehead atoms. The van der Waals surface area contributed by atoms with E-state index in [0.29, 0.717) is 0 Å². The van der Waals surface area contributed by atoms with Crippen molar-refractivity contribution in [2.24, 2.45) is 0 Å². The zero-order chi connectivity index (χ0) is 13.7. The van der Waals surface area contributed by atoms with Gasteiger partial charge < -0.3 is 5.73 Å². The van der Waals surface area contributed by atoms with Gasteiger partial charge in [0.05, 0.1) is 11.2 Å². The Morgan fingerprint density at radius 2 is 1.90 bits per heavy atom. The fourth-order valence-electron chi connectivity index (χ4n) is 3.01. The predicted octanol–water partition coefficient (Wildman–Crippen LogP) is 4.24. The molecule has 3 aromatic rings. The maximum Gasteiger partial charge on any atom is 0.0765 e. The van der Waals surface area contributed by atoms with E-state index in [1.54, 1.807) is 0 Å². The molecule has 4 rings (SSSR count). The molecule has 1 heterocycles. The molecule has 2 N–H and O–H groups in total. The number of pyridine rings is 1. The lowest BCUT2D eigenvalue weighted by Crippen LogP contribution is -2.09. The largest absolute Gasteiger partial charge is 0.398 e. The van der Waals surface area contributed by atoms with E-state index in [9.17, 15) is 0 Å².